The van der Waals surface area contributed by atoms with Crippen LogP contribution in [0.3, 0.4) is 0 Å². The van der Waals surface area contributed by atoms with E-state index in [2.05, 4.69) is 13.8 Å². The Bertz CT molecular complexity index is 156. The van der Waals surface area contributed by atoms with E-state index in [0.717, 1.165) is 19.3 Å². The molecule has 0 rings (SSSR count). The van der Waals surface area contributed by atoms with E-state index in [1.54, 1.807) is 0 Å². The van der Waals surface area contributed by atoms with Crippen LogP contribution in [-0.4, -0.2) is 11.2 Å². The molecule has 0 saturated heterocycles. The van der Waals surface area contributed by atoms with Crippen LogP contribution in [0.2, 0.25) is 0 Å². The Balaban J connectivity index is 2.99. The molecule has 0 amide bonds. The van der Waals surface area contributed by atoms with E-state index in [1.165, 1.54) is 77.0 Å². The summed E-state index contributed by atoms with van der Waals surface area (Å²) in [6, 6.07) is 0. The molecule has 1 radical (unpaired) electrons. The quantitative estimate of drug-likeness (QED) is 0.359. The Kier molecular flexibility index (Phi) is 16.0. The number of aliphatic hydroxyl groups is 1. The number of rotatable bonds is 15. The van der Waals surface area contributed by atoms with Gasteiger partial charge in [0.05, 0.1) is 6.10 Å². The summed E-state index contributed by atoms with van der Waals surface area (Å²) in [5, 5.41) is 9.57. The third-order valence-electron chi connectivity index (χ3n) is 3.93. The van der Waals surface area contributed by atoms with Gasteiger partial charge in [-0.3, -0.25) is 0 Å². The first-order valence-electron chi connectivity index (χ1n) is 8.78. The van der Waals surface area contributed by atoms with Gasteiger partial charge in [-0.2, -0.15) is 0 Å². The lowest BCUT2D eigenvalue weighted by Gasteiger charge is -2.08. The summed E-state index contributed by atoms with van der Waals surface area (Å²) < 4.78 is 0. The molecule has 0 saturated carbocycles. The molecule has 0 fully saturated rings. The Morgan fingerprint density at radius 1 is 0.684 bits per heavy atom. The summed E-state index contributed by atoms with van der Waals surface area (Å²) in [6.45, 7) is 6.05. The summed E-state index contributed by atoms with van der Waals surface area (Å²) in [4.78, 5) is 0. The van der Waals surface area contributed by atoms with Gasteiger partial charge in [-0.25, -0.2) is 0 Å². The van der Waals surface area contributed by atoms with Crippen LogP contribution < -0.4 is 0 Å². The van der Waals surface area contributed by atoms with Crippen LogP contribution in [0.15, 0.2) is 0 Å². The topological polar surface area (TPSA) is 20.2 Å². The van der Waals surface area contributed by atoms with E-state index < -0.39 is 0 Å². The second kappa shape index (κ2) is 16.0. The fraction of sp³-hybridized carbons (Fsp3) is 0.944. The van der Waals surface area contributed by atoms with Gasteiger partial charge in [0.25, 0.3) is 0 Å². The van der Waals surface area contributed by atoms with E-state index in [1.807, 2.05) is 0 Å². The fourth-order valence-electron chi connectivity index (χ4n) is 2.60. The molecule has 1 atom stereocenters. The molecule has 0 aliphatic carbocycles. The lowest BCUT2D eigenvalue weighted by Crippen LogP contribution is -2.04. The second-order valence-corrected chi connectivity index (χ2v) is 5.97. The first kappa shape index (κ1) is 19.0. The number of aliphatic hydroxyl groups excluding tert-OH is 1. The highest BCUT2D eigenvalue weighted by molar-refractivity contribution is 4.57. The summed E-state index contributed by atoms with van der Waals surface area (Å²) in [6.07, 6.45) is 19.2. The van der Waals surface area contributed by atoms with E-state index in [9.17, 15) is 5.11 Å². The minimum absolute atomic E-state index is 0.0966. The lowest BCUT2D eigenvalue weighted by atomic mass is 10.0. The Hall–Kier alpha value is -0.0400. The maximum Gasteiger partial charge on any atom is 0.0540 e. The molecule has 0 aromatic rings. The lowest BCUT2D eigenvalue weighted by molar-refractivity contribution is 0.152. The minimum Gasteiger partial charge on any atom is -0.393 e. The molecular formula is C18H37O. The van der Waals surface area contributed by atoms with Gasteiger partial charge >= 0.3 is 0 Å². The summed E-state index contributed by atoms with van der Waals surface area (Å²) >= 11 is 0. The third-order valence-corrected chi connectivity index (χ3v) is 3.93. The highest BCUT2D eigenvalue weighted by Gasteiger charge is 2.01. The van der Waals surface area contributed by atoms with Crippen molar-refractivity contribution < 1.29 is 5.11 Å². The van der Waals surface area contributed by atoms with Crippen molar-refractivity contribution in [2.24, 2.45) is 0 Å². The van der Waals surface area contributed by atoms with Gasteiger partial charge in [0.1, 0.15) is 0 Å². The minimum atomic E-state index is -0.0966. The van der Waals surface area contributed by atoms with Crippen LogP contribution in [0.25, 0.3) is 0 Å². The average molecular weight is 269 g/mol. The molecular weight excluding hydrogens is 232 g/mol. The van der Waals surface area contributed by atoms with Gasteiger partial charge in [0.2, 0.25) is 0 Å². The molecule has 0 spiro atoms. The van der Waals surface area contributed by atoms with Crippen molar-refractivity contribution in [3.8, 4) is 0 Å². The van der Waals surface area contributed by atoms with Crippen LogP contribution in [0, 0.1) is 6.92 Å². The van der Waals surface area contributed by atoms with Crippen molar-refractivity contribution in [1.82, 2.24) is 0 Å². The Morgan fingerprint density at radius 2 is 1.11 bits per heavy atom. The van der Waals surface area contributed by atoms with Crippen LogP contribution in [-0.2, 0) is 0 Å². The van der Waals surface area contributed by atoms with Crippen molar-refractivity contribution in [3.05, 3.63) is 6.92 Å². The molecule has 0 aromatic heterocycles. The zero-order valence-electron chi connectivity index (χ0n) is 13.3. The molecule has 19 heavy (non-hydrogen) atoms. The Morgan fingerprint density at radius 3 is 1.53 bits per heavy atom. The molecule has 1 heteroatoms. The highest BCUT2D eigenvalue weighted by atomic mass is 16.3. The van der Waals surface area contributed by atoms with E-state index in [-0.39, 0.29) is 6.10 Å². The molecule has 0 aliphatic heterocycles. The van der Waals surface area contributed by atoms with Gasteiger partial charge in [-0.05, 0) is 12.8 Å². The number of hydrogen-bond donors (Lipinski definition) is 1. The van der Waals surface area contributed by atoms with Crippen molar-refractivity contribution in [1.29, 1.82) is 0 Å². The second-order valence-electron chi connectivity index (χ2n) is 5.97. The monoisotopic (exact) mass is 269 g/mol. The average Bonchev–Trinajstić information content (AvgIpc) is 2.40. The molecule has 1 unspecified atom stereocenters. The molecule has 1 N–H and O–H groups in total. The van der Waals surface area contributed by atoms with Gasteiger partial charge in [-0.1, -0.05) is 97.3 Å². The van der Waals surface area contributed by atoms with E-state index in [0.29, 0.717) is 0 Å². The zero-order valence-corrected chi connectivity index (χ0v) is 13.3. The molecule has 115 valence electrons. The smallest absolute Gasteiger partial charge is 0.0540 e. The Labute approximate surface area is 122 Å². The van der Waals surface area contributed by atoms with Crippen LogP contribution in [0.4, 0.5) is 0 Å². The third kappa shape index (κ3) is 15.9. The van der Waals surface area contributed by atoms with E-state index >= 15 is 0 Å². The van der Waals surface area contributed by atoms with Crippen molar-refractivity contribution in [2.75, 3.05) is 0 Å². The normalized spacial score (nSPS) is 12.8. The standard InChI is InChI=1S/C18H37O/c1-3-5-6-7-8-9-10-11-12-13-14-15-17-18(19)16-4-2/h18-19H,2-17H2,1H3. The zero-order chi connectivity index (χ0) is 14.2. The molecule has 1 nitrogen and oxygen atoms in total. The molecule has 0 aliphatic rings. The first-order valence-corrected chi connectivity index (χ1v) is 8.78. The van der Waals surface area contributed by atoms with Crippen LogP contribution >= 0.6 is 0 Å². The highest BCUT2D eigenvalue weighted by Crippen LogP contribution is 2.13. The predicted octanol–water partition coefficient (Wildman–Crippen LogP) is 6.05. The molecule has 0 aromatic carbocycles. The largest absolute Gasteiger partial charge is 0.393 e. The van der Waals surface area contributed by atoms with Gasteiger partial charge in [-0.15, -0.1) is 0 Å². The van der Waals surface area contributed by atoms with Crippen molar-refractivity contribution in [3.63, 3.8) is 0 Å². The maximum absolute atomic E-state index is 9.57. The SMILES string of the molecule is [CH2]CCC(O)CCCCCCCCCCCCCC. The molecule has 0 bridgehead atoms. The summed E-state index contributed by atoms with van der Waals surface area (Å²) in [7, 11) is 0. The summed E-state index contributed by atoms with van der Waals surface area (Å²) in [5.41, 5.74) is 0. The predicted molar refractivity (Wildman–Crippen MR) is 86.3 cm³/mol. The van der Waals surface area contributed by atoms with Crippen molar-refractivity contribution >= 4 is 0 Å². The van der Waals surface area contributed by atoms with Gasteiger partial charge in [0.15, 0.2) is 0 Å². The van der Waals surface area contributed by atoms with E-state index in [4.69, 9.17) is 0 Å². The molecule has 0 heterocycles. The first-order chi connectivity index (χ1) is 9.31. The number of hydrogen-bond acceptors (Lipinski definition) is 1. The maximum atomic E-state index is 9.57. The van der Waals surface area contributed by atoms with Crippen molar-refractivity contribution in [2.45, 2.75) is 109 Å². The van der Waals surface area contributed by atoms with Gasteiger partial charge < -0.3 is 5.11 Å². The number of unbranched alkanes of at least 4 members (excludes halogenated alkanes) is 11. The van der Waals surface area contributed by atoms with Crippen LogP contribution in [0.5, 0.6) is 0 Å². The van der Waals surface area contributed by atoms with Gasteiger partial charge in [0, 0.05) is 0 Å². The van der Waals surface area contributed by atoms with Crippen LogP contribution in [0.1, 0.15) is 103 Å². The fourth-order valence-corrected chi connectivity index (χ4v) is 2.60. The summed E-state index contributed by atoms with van der Waals surface area (Å²) in [5.74, 6) is 0.